The fourth-order valence-electron chi connectivity index (χ4n) is 1.69. The van der Waals surface area contributed by atoms with Crippen LogP contribution in [0.5, 0.6) is 5.75 Å². The Bertz CT molecular complexity index is 582. The van der Waals surface area contributed by atoms with Crippen LogP contribution in [0.3, 0.4) is 0 Å². The molecular weight excluding hydrogens is 258 g/mol. The van der Waals surface area contributed by atoms with E-state index in [1.165, 1.54) is 4.68 Å². The second-order valence-corrected chi connectivity index (χ2v) is 4.12. The number of benzene rings is 1. The number of carbonyl (C=O) groups excluding carboxylic acids is 1. The van der Waals surface area contributed by atoms with Gasteiger partial charge in [-0.3, -0.25) is 4.79 Å². The smallest absolute Gasteiger partial charge is 0.246 e. The second-order valence-electron chi connectivity index (χ2n) is 4.12. The lowest BCUT2D eigenvalue weighted by molar-refractivity contribution is -0.116. The first kappa shape index (κ1) is 14.0. The highest BCUT2D eigenvalue weighted by atomic mass is 16.5. The number of hydrogen-bond donors (Lipinski definition) is 2. The van der Waals surface area contributed by atoms with E-state index in [2.05, 4.69) is 15.6 Å². The molecule has 0 saturated heterocycles. The van der Waals surface area contributed by atoms with Crippen LogP contribution in [0.4, 0.5) is 5.69 Å². The van der Waals surface area contributed by atoms with E-state index in [1.54, 1.807) is 18.3 Å². The highest BCUT2D eigenvalue weighted by Crippen LogP contribution is 2.17. The van der Waals surface area contributed by atoms with Crippen LogP contribution in [0.15, 0.2) is 30.5 Å². The number of nitrogens with zero attached hydrogens (tertiary/aromatic N) is 3. The molecule has 0 unspecified atom stereocenters. The highest BCUT2D eigenvalue weighted by molar-refractivity contribution is 5.90. The molecule has 0 aliphatic carbocycles. The molecule has 1 aromatic carbocycles. The maximum Gasteiger partial charge on any atom is 0.246 e. The Labute approximate surface area is 116 Å². The summed E-state index contributed by atoms with van der Waals surface area (Å²) in [6, 6.07) is 7.23. The Hall–Kier alpha value is -2.41. The number of carbonyl (C=O) groups is 1. The van der Waals surface area contributed by atoms with Crippen LogP contribution in [0.25, 0.3) is 0 Å². The maximum absolute atomic E-state index is 11.9. The fourth-order valence-corrected chi connectivity index (χ4v) is 1.69. The molecule has 2 rings (SSSR count). The topological polar surface area (TPSA) is 95.1 Å². The number of anilines is 1. The lowest BCUT2D eigenvalue weighted by atomic mass is 10.3. The normalized spacial score (nSPS) is 10.3. The summed E-state index contributed by atoms with van der Waals surface area (Å²) in [5, 5.41) is 10.4. The maximum atomic E-state index is 11.9. The van der Waals surface area contributed by atoms with Gasteiger partial charge in [0, 0.05) is 18.3 Å². The zero-order chi connectivity index (χ0) is 14.4. The Balaban J connectivity index is 1.95. The molecule has 7 nitrogen and oxygen atoms in total. The summed E-state index contributed by atoms with van der Waals surface area (Å²) in [7, 11) is 0. The molecule has 1 amide bonds. The van der Waals surface area contributed by atoms with Crippen molar-refractivity contribution in [3.63, 3.8) is 0 Å². The first-order chi connectivity index (χ1) is 9.71. The van der Waals surface area contributed by atoms with Crippen LogP contribution in [-0.4, -0.2) is 27.5 Å². The quantitative estimate of drug-likeness (QED) is 0.812. The summed E-state index contributed by atoms with van der Waals surface area (Å²) in [4.78, 5) is 11.9. The third-order valence-electron chi connectivity index (χ3n) is 2.53. The predicted octanol–water partition coefficient (Wildman–Crippen LogP) is 0.774. The van der Waals surface area contributed by atoms with Crippen molar-refractivity contribution in [2.24, 2.45) is 5.73 Å². The molecule has 1 heterocycles. The minimum Gasteiger partial charge on any atom is -0.494 e. The standard InChI is InChI=1S/C13H17N5O2/c1-2-20-12-5-3-4-10(6-12)15-13(19)9-18-8-11(7-14)16-17-18/h3-6,8H,2,7,9,14H2,1H3,(H,15,19). The molecule has 1 aromatic heterocycles. The molecule has 0 saturated carbocycles. The van der Waals surface area contributed by atoms with E-state index in [0.717, 1.165) is 5.75 Å². The second kappa shape index (κ2) is 6.67. The Morgan fingerprint density at radius 1 is 1.50 bits per heavy atom. The predicted molar refractivity (Wildman–Crippen MR) is 74.2 cm³/mol. The summed E-state index contributed by atoms with van der Waals surface area (Å²) < 4.78 is 6.82. The molecule has 0 spiro atoms. The van der Waals surface area contributed by atoms with Crippen molar-refractivity contribution in [3.8, 4) is 5.75 Å². The van der Waals surface area contributed by atoms with Gasteiger partial charge in [0.25, 0.3) is 0 Å². The number of nitrogens with two attached hydrogens (primary N) is 1. The molecule has 2 aromatic rings. The van der Waals surface area contributed by atoms with E-state index in [9.17, 15) is 4.79 Å². The van der Waals surface area contributed by atoms with Crippen molar-refractivity contribution in [1.29, 1.82) is 0 Å². The molecule has 0 bridgehead atoms. The molecule has 0 fully saturated rings. The van der Waals surface area contributed by atoms with Crippen molar-refractivity contribution < 1.29 is 9.53 Å². The van der Waals surface area contributed by atoms with Crippen LogP contribution < -0.4 is 15.8 Å². The van der Waals surface area contributed by atoms with Gasteiger partial charge in [-0.1, -0.05) is 11.3 Å². The van der Waals surface area contributed by atoms with Crippen molar-refractivity contribution in [2.45, 2.75) is 20.0 Å². The van der Waals surface area contributed by atoms with E-state index < -0.39 is 0 Å². The highest BCUT2D eigenvalue weighted by Gasteiger charge is 2.06. The van der Waals surface area contributed by atoms with E-state index in [-0.39, 0.29) is 12.5 Å². The molecule has 0 radical (unpaired) electrons. The summed E-state index contributed by atoms with van der Waals surface area (Å²) in [5.74, 6) is 0.531. The third kappa shape index (κ3) is 3.79. The first-order valence-electron chi connectivity index (χ1n) is 6.33. The molecule has 0 atom stereocenters. The summed E-state index contributed by atoms with van der Waals surface area (Å²) in [5.41, 5.74) is 6.76. The first-order valence-corrected chi connectivity index (χ1v) is 6.33. The molecule has 7 heteroatoms. The largest absolute Gasteiger partial charge is 0.494 e. The Kier molecular flexibility index (Phi) is 4.67. The minimum atomic E-state index is -0.188. The fraction of sp³-hybridized carbons (Fsp3) is 0.308. The molecule has 106 valence electrons. The van der Waals surface area contributed by atoms with Crippen LogP contribution in [0.2, 0.25) is 0 Å². The van der Waals surface area contributed by atoms with Crippen molar-refractivity contribution in [1.82, 2.24) is 15.0 Å². The number of hydrogen-bond acceptors (Lipinski definition) is 5. The zero-order valence-corrected chi connectivity index (χ0v) is 11.2. The van der Waals surface area contributed by atoms with Gasteiger partial charge >= 0.3 is 0 Å². The number of nitrogens with one attached hydrogen (secondary N) is 1. The minimum absolute atomic E-state index is 0.0891. The van der Waals surface area contributed by atoms with Crippen LogP contribution in [0.1, 0.15) is 12.6 Å². The van der Waals surface area contributed by atoms with Gasteiger partial charge in [0.05, 0.1) is 18.5 Å². The number of aromatic nitrogens is 3. The number of rotatable bonds is 6. The van der Waals surface area contributed by atoms with E-state index in [1.807, 2.05) is 19.1 Å². The zero-order valence-electron chi connectivity index (χ0n) is 11.2. The Morgan fingerprint density at radius 3 is 3.05 bits per heavy atom. The molecule has 20 heavy (non-hydrogen) atoms. The average molecular weight is 275 g/mol. The SMILES string of the molecule is CCOc1cccc(NC(=O)Cn2cc(CN)nn2)c1. The van der Waals surface area contributed by atoms with Crippen molar-refractivity contribution in [3.05, 3.63) is 36.2 Å². The van der Waals surface area contributed by atoms with E-state index in [0.29, 0.717) is 24.5 Å². The number of ether oxygens (including phenoxy) is 1. The van der Waals surface area contributed by atoms with Gasteiger partial charge in [-0.05, 0) is 19.1 Å². The lowest BCUT2D eigenvalue weighted by Crippen LogP contribution is -2.19. The summed E-state index contributed by atoms with van der Waals surface area (Å²) >= 11 is 0. The number of amides is 1. The van der Waals surface area contributed by atoms with Crippen molar-refractivity contribution >= 4 is 11.6 Å². The van der Waals surface area contributed by atoms with E-state index in [4.69, 9.17) is 10.5 Å². The van der Waals surface area contributed by atoms with E-state index >= 15 is 0 Å². The summed E-state index contributed by atoms with van der Waals surface area (Å²) in [6.07, 6.45) is 1.65. The molecule has 0 aliphatic heterocycles. The third-order valence-corrected chi connectivity index (χ3v) is 2.53. The summed E-state index contributed by atoms with van der Waals surface area (Å²) in [6.45, 7) is 2.88. The van der Waals surface area contributed by atoms with Crippen LogP contribution in [-0.2, 0) is 17.9 Å². The molecular formula is C13H17N5O2. The van der Waals surface area contributed by atoms with Gasteiger partial charge in [0.15, 0.2) is 0 Å². The van der Waals surface area contributed by atoms with Gasteiger partial charge in [-0.25, -0.2) is 4.68 Å². The average Bonchev–Trinajstić information content (AvgIpc) is 2.87. The van der Waals surface area contributed by atoms with Crippen molar-refractivity contribution in [2.75, 3.05) is 11.9 Å². The van der Waals surface area contributed by atoms with Gasteiger partial charge in [0.1, 0.15) is 12.3 Å². The Morgan fingerprint density at radius 2 is 2.35 bits per heavy atom. The van der Waals surface area contributed by atoms with Crippen LogP contribution in [0, 0.1) is 0 Å². The van der Waals surface area contributed by atoms with Gasteiger partial charge in [0.2, 0.25) is 5.91 Å². The van der Waals surface area contributed by atoms with Crippen LogP contribution >= 0.6 is 0 Å². The monoisotopic (exact) mass is 275 g/mol. The van der Waals surface area contributed by atoms with Gasteiger partial charge in [-0.15, -0.1) is 5.10 Å². The van der Waals surface area contributed by atoms with Gasteiger partial charge in [-0.2, -0.15) is 0 Å². The lowest BCUT2D eigenvalue weighted by Gasteiger charge is -2.07. The molecule has 0 aliphatic rings. The van der Waals surface area contributed by atoms with Gasteiger partial charge < -0.3 is 15.8 Å². The molecule has 3 N–H and O–H groups in total.